The van der Waals surface area contributed by atoms with Gasteiger partial charge in [-0.3, -0.25) is 4.57 Å². The third-order valence-corrected chi connectivity index (χ3v) is 9.17. The Bertz CT molecular complexity index is 1590. The van der Waals surface area contributed by atoms with Crippen LogP contribution in [0, 0.1) is 5.92 Å². The highest BCUT2D eigenvalue weighted by molar-refractivity contribution is 8.00. The number of aryl methyl sites for hydroxylation is 1. The Kier molecular flexibility index (Phi) is 8.62. The van der Waals surface area contributed by atoms with Crippen LogP contribution >= 0.6 is 11.8 Å². The third kappa shape index (κ3) is 5.77. The van der Waals surface area contributed by atoms with E-state index in [1.807, 2.05) is 13.8 Å². The molecule has 4 N–H and O–H groups in total. The van der Waals surface area contributed by atoms with Crippen LogP contribution in [0.4, 0.5) is 5.82 Å². The van der Waals surface area contributed by atoms with E-state index in [1.54, 1.807) is 18.3 Å². The monoisotopic (exact) mass is 601 g/mol. The molecule has 3 aromatic rings. The van der Waals surface area contributed by atoms with E-state index in [4.69, 9.17) is 29.5 Å². The molecular formula is C30H39N3O8S. The molecule has 3 aliphatic rings. The van der Waals surface area contributed by atoms with Crippen LogP contribution in [0.1, 0.15) is 76.5 Å². The topological polar surface area (TPSA) is 159 Å². The fourth-order valence-corrected chi connectivity index (χ4v) is 6.54. The van der Waals surface area contributed by atoms with Crippen molar-refractivity contribution in [3.63, 3.8) is 0 Å². The lowest BCUT2D eigenvalue weighted by Gasteiger charge is -2.39. The summed E-state index contributed by atoms with van der Waals surface area (Å²) in [7, 11) is 0. The fraction of sp³-hybridized carbons (Fsp3) is 0.567. The molecule has 0 saturated carbocycles. The molecule has 1 fully saturated rings. The van der Waals surface area contributed by atoms with Crippen molar-refractivity contribution < 1.29 is 28.8 Å². The number of anilines is 1. The van der Waals surface area contributed by atoms with Gasteiger partial charge in [-0.2, -0.15) is 4.98 Å². The van der Waals surface area contributed by atoms with Crippen molar-refractivity contribution in [3.05, 3.63) is 55.9 Å². The Morgan fingerprint density at radius 3 is 2.67 bits per heavy atom. The third-order valence-electron chi connectivity index (χ3n) is 8.06. The summed E-state index contributed by atoms with van der Waals surface area (Å²) in [4.78, 5) is 27.3. The van der Waals surface area contributed by atoms with Crippen LogP contribution < -0.4 is 26.5 Å². The first kappa shape index (κ1) is 30.4. The Morgan fingerprint density at radius 1 is 1.24 bits per heavy atom. The number of nitrogens with zero attached hydrogens (tertiary/aromatic N) is 2. The largest absolute Gasteiger partial charge is 0.489 e. The molecule has 5 heterocycles. The zero-order chi connectivity index (χ0) is 30.3. The summed E-state index contributed by atoms with van der Waals surface area (Å²) < 4.78 is 25.1. The molecule has 12 heteroatoms. The molecule has 1 saturated heterocycles. The Labute approximate surface area is 248 Å². The van der Waals surface area contributed by atoms with Crippen molar-refractivity contribution in [2.24, 2.45) is 5.92 Å². The number of thioether (sulfide) groups is 1. The van der Waals surface area contributed by atoms with Crippen LogP contribution in [0.3, 0.4) is 0 Å². The van der Waals surface area contributed by atoms with E-state index in [0.717, 1.165) is 47.9 Å². The van der Waals surface area contributed by atoms with Gasteiger partial charge in [-0.1, -0.05) is 20.3 Å². The first-order valence-electron chi connectivity index (χ1n) is 14.4. The number of fused-ring (bicyclic) bond motifs is 6. The summed E-state index contributed by atoms with van der Waals surface area (Å²) >= 11 is 1.47. The number of ether oxygens (including phenoxy) is 3. The smallest absolute Gasteiger partial charge is 0.351 e. The molecule has 11 nitrogen and oxygen atoms in total. The second-order valence-corrected chi connectivity index (χ2v) is 12.9. The molecule has 1 aromatic carbocycles. The molecule has 228 valence electrons. The number of aromatic nitrogens is 2. The van der Waals surface area contributed by atoms with Crippen molar-refractivity contribution >= 4 is 28.5 Å². The maximum absolute atomic E-state index is 12.3. The zero-order valence-electron chi connectivity index (χ0n) is 24.6. The molecule has 3 aliphatic heterocycles. The summed E-state index contributed by atoms with van der Waals surface area (Å²) in [5, 5.41) is 20.7. The van der Waals surface area contributed by atoms with E-state index < -0.39 is 17.4 Å². The fourth-order valence-electron chi connectivity index (χ4n) is 5.61. The van der Waals surface area contributed by atoms with Gasteiger partial charge in [0.1, 0.15) is 40.7 Å². The van der Waals surface area contributed by atoms with Gasteiger partial charge in [0, 0.05) is 29.5 Å². The van der Waals surface area contributed by atoms with E-state index in [9.17, 15) is 14.7 Å². The molecule has 0 amide bonds. The van der Waals surface area contributed by atoms with Crippen LogP contribution in [0.25, 0.3) is 11.0 Å². The van der Waals surface area contributed by atoms with Crippen molar-refractivity contribution in [2.75, 3.05) is 18.1 Å². The second-order valence-electron chi connectivity index (χ2n) is 11.7. The molecule has 0 aliphatic carbocycles. The average molecular weight is 602 g/mol. The van der Waals surface area contributed by atoms with Gasteiger partial charge in [0.05, 0.1) is 23.7 Å². The van der Waals surface area contributed by atoms with Gasteiger partial charge in [0.2, 0.25) is 0 Å². The lowest BCUT2D eigenvalue weighted by Crippen LogP contribution is -2.36. The molecule has 0 radical (unpaired) electrons. The van der Waals surface area contributed by atoms with Crippen molar-refractivity contribution in [3.8, 4) is 11.5 Å². The van der Waals surface area contributed by atoms with E-state index in [1.165, 1.54) is 16.3 Å². The molecule has 6 rings (SSSR count). The minimum absolute atomic E-state index is 0.0572. The van der Waals surface area contributed by atoms with Gasteiger partial charge in [0.15, 0.2) is 5.58 Å². The van der Waals surface area contributed by atoms with Crippen molar-refractivity contribution in [1.29, 1.82) is 0 Å². The van der Waals surface area contributed by atoms with Gasteiger partial charge in [0.25, 0.3) is 0 Å². The highest BCUT2D eigenvalue weighted by Crippen LogP contribution is 2.52. The summed E-state index contributed by atoms with van der Waals surface area (Å²) in [6.07, 6.45) is 3.63. The van der Waals surface area contributed by atoms with Crippen molar-refractivity contribution in [1.82, 2.24) is 9.55 Å². The highest BCUT2D eigenvalue weighted by Gasteiger charge is 2.41. The Balaban J connectivity index is 0.000000199. The maximum atomic E-state index is 12.3. The number of aliphatic hydroxyl groups is 2. The molecule has 0 unspecified atom stereocenters. The van der Waals surface area contributed by atoms with Crippen molar-refractivity contribution in [2.45, 2.75) is 89.8 Å². The lowest BCUT2D eigenvalue weighted by atomic mass is 9.83. The van der Waals surface area contributed by atoms with E-state index >= 15 is 0 Å². The average Bonchev–Trinajstić information content (AvgIpc) is 3.40. The molecule has 5 atom stereocenters. The summed E-state index contributed by atoms with van der Waals surface area (Å²) in [6.45, 7) is 10.1. The first-order chi connectivity index (χ1) is 19.9. The number of hydrogen-bond acceptors (Lipinski definition) is 11. The number of aliphatic hydroxyl groups excluding tert-OH is 2. The SMILES string of the molecule is CCCc1cc(=O)oc2c3c(c4c(c12)OC(C)(C)CC4)O[C@@H](C)[C@H](C)[C@@H]3O.Nc1ccn([C@H]2CS[C@H](CO)O2)c(=O)n1. The number of nitrogens with two attached hydrogens (primary N) is 1. The predicted octanol–water partition coefficient (Wildman–Crippen LogP) is 3.71. The quantitative estimate of drug-likeness (QED) is 0.374. The molecule has 42 heavy (non-hydrogen) atoms. The van der Waals surface area contributed by atoms with Crippen LogP contribution in [0.5, 0.6) is 11.5 Å². The van der Waals surface area contributed by atoms with Crippen LogP contribution in [0.15, 0.2) is 32.3 Å². The minimum Gasteiger partial charge on any atom is -0.489 e. The van der Waals surface area contributed by atoms with Gasteiger partial charge >= 0.3 is 11.3 Å². The predicted molar refractivity (Wildman–Crippen MR) is 160 cm³/mol. The highest BCUT2D eigenvalue weighted by atomic mass is 32.2. The Hall–Kier alpha value is -3.06. The number of benzene rings is 1. The summed E-state index contributed by atoms with van der Waals surface area (Å²) in [5.74, 6) is 2.11. The minimum atomic E-state index is -0.744. The van der Waals surface area contributed by atoms with Gasteiger partial charge in [-0.15, -0.1) is 11.8 Å². The van der Waals surface area contributed by atoms with Crippen LogP contribution in [-0.4, -0.2) is 49.3 Å². The normalized spacial score (nSPS) is 25.9. The Morgan fingerprint density at radius 2 is 2.00 bits per heavy atom. The zero-order valence-corrected chi connectivity index (χ0v) is 25.4. The molecule has 0 spiro atoms. The van der Waals surface area contributed by atoms with E-state index in [-0.39, 0.29) is 41.7 Å². The maximum Gasteiger partial charge on any atom is 0.351 e. The second kappa shape index (κ2) is 11.9. The van der Waals surface area contributed by atoms with Crippen LogP contribution in [-0.2, 0) is 17.6 Å². The number of nitrogen functional groups attached to an aromatic ring is 1. The lowest BCUT2D eigenvalue weighted by molar-refractivity contribution is -0.00629. The van der Waals surface area contributed by atoms with E-state index in [0.29, 0.717) is 22.6 Å². The van der Waals surface area contributed by atoms with Gasteiger partial charge < -0.3 is 34.6 Å². The van der Waals surface area contributed by atoms with Gasteiger partial charge in [-0.05, 0) is 51.7 Å². The molecule has 2 aromatic heterocycles. The molecular weight excluding hydrogens is 562 g/mol. The molecule has 0 bridgehead atoms. The summed E-state index contributed by atoms with van der Waals surface area (Å²) in [6, 6.07) is 3.10. The summed E-state index contributed by atoms with van der Waals surface area (Å²) in [5.41, 5.74) is 6.89. The number of rotatable bonds is 4. The van der Waals surface area contributed by atoms with Crippen LogP contribution in [0.2, 0.25) is 0 Å². The van der Waals surface area contributed by atoms with Gasteiger partial charge in [-0.25, -0.2) is 9.59 Å². The number of hydrogen-bond donors (Lipinski definition) is 3. The van der Waals surface area contributed by atoms with E-state index in [2.05, 4.69) is 25.8 Å². The standard InChI is InChI=1S/C22H28O5.C8H11N3O3S/c1-6-7-13-10-15(23)26-21-16(13)20-14(8-9-22(4,5)27-20)19-17(21)18(24)11(2)12(3)25-19;9-5-1-2-11(8(13)10-5)6-4-15-7(3-12)14-6/h10-12,18,24H,6-9H2,1-5H3;1-2,6-7,12H,3-4H2,(H2,9,10,13)/t11-,12-,18-;6-,7-/m01/s1. The first-order valence-corrected chi connectivity index (χ1v) is 15.4.